The zero-order valence-electron chi connectivity index (χ0n) is 14.1. The molecule has 3 heterocycles. The van der Waals surface area contributed by atoms with Crippen LogP contribution in [0, 0.1) is 0 Å². The molecule has 1 atom stereocenters. The molecule has 3 fully saturated rings. The number of hydrogen-bond acceptors (Lipinski definition) is 4. The number of carbonyl (C=O) groups is 2. The van der Waals surface area contributed by atoms with Gasteiger partial charge in [-0.05, 0) is 24.0 Å². The zero-order chi connectivity index (χ0) is 17.0. The molecular weight excluding hydrogens is 320 g/mol. The van der Waals surface area contributed by atoms with Gasteiger partial charge in [0.25, 0.3) is 5.91 Å². The monoisotopic (exact) mass is 342 g/mol. The minimum atomic E-state index is -0.467. The van der Waals surface area contributed by atoms with Crippen LogP contribution in [-0.4, -0.2) is 52.8 Å². The zero-order valence-corrected chi connectivity index (χ0v) is 14.1. The Bertz CT molecular complexity index is 675. The van der Waals surface area contributed by atoms with Crippen LogP contribution in [0.1, 0.15) is 36.8 Å². The summed E-state index contributed by atoms with van der Waals surface area (Å²) in [7, 11) is 0. The van der Waals surface area contributed by atoms with Crippen LogP contribution in [0.4, 0.5) is 4.79 Å². The number of carbonyl (C=O) groups excluding carboxylic acids is 2. The summed E-state index contributed by atoms with van der Waals surface area (Å²) in [6, 6.07) is 7.59. The third-order valence-electron chi connectivity index (χ3n) is 6.12. The maximum Gasteiger partial charge on any atom is 0.328 e. The predicted octanol–water partition coefficient (Wildman–Crippen LogP) is 2.06. The average Bonchev–Trinajstić information content (AvgIpc) is 3.19. The van der Waals surface area contributed by atoms with Gasteiger partial charge >= 0.3 is 6.03 Å². The van der Waals surface area contributed by atoms with E-state index < -0.39 is 5.79 Å². The average molecular weight is 342 g/mol. The first-order chi connectivity index (χ1) is 12.2. The van der Waals surface area contributed by atoms with Crippen LogP contribution in [0.2, 0.25) is 0 Å². The molecule has 1 aromatic carbocycles. The second-order valence-corrected chi connectivity index (χ2v) is 7.45. The van der Waals surface area contributed by atoms with Crippen molar-refractivity contribution in [2.45, 2.75) is 56.5 Å². The fourth-order valence-electron chi connectivity index (χ4n) is 4.76. The smallest absolute Gasteiger partial charge is 0.328 e. The van der Waals surface area contributed by atoms with E-state index in [0.717, 1.165) is 31.2 Å². The van der Waals surface area contributed by atoms with Crippen molar-refractivity contribution in [3.05, 3.63) is 35.4 Å². The van der Waals surface area contributed by atoms with E-state index in [0.29, 0.717) is 26.2 Å². The molecule has 1 aromatic rings. The lowest BCUT2D eigenvalue weighted by Gasteiger charge is -2.38. The highest BCUT2D eigenvalue weighted by molar-refractivity contribution is 6.05. The highest BCUT2D eigenvalue weighted by atomic mass is 16.7. The molecule has 0 unspecified atom stereocenters. The van der Waals surface area contributed by atoms with E-state index in [1.807, 2.05) is 18.2 Å². The minimum Gasteiger partial charge on any atom is -0.348 e. The van der Waals surface area contributed by atoms with Crippen LogP contribution >= 0.6 is 0 Å². The van der Waals surface area contributed by atoms with Gasteiger partial charge in [-0.2, -0.15) is 0 Å². The Labute approximate surface area is 146 Å². The van der Waals surface area contributed by atoms with Gasteiger partial charge in [0.2, 0.25) is 0 Å². The number of amides is 3. The van der Waals surface area contributed by atoms with Gasteiger partial charge in [0.1, 0.15) is 6.04 Å². The number of benzene rings is 1. The van der Waals surface area contributed by atoms with Crippen molar-refractivity contribution < 1.29 is 19.1 Å². The molecule has 0 radical (unpaired) electrons. The standard InChI is InChI=1S/C19H22N2O4/c22-17-16-11-13-3-1-2-4-14(13)12-20(16)18(23)21(17)15-5-7-19(8-6-15)24-9-10-25-19/h1-4,15-16H,5-12H2/t16-/m1/s1. The summed E-state index contributed by atoms with van der Waals surface area (Å²) in [5, 5.41) is 0. The van der Waals surface area contributed by atoms with E-state index in [1.54, 1.807) is 4.90 Å². The van der Waals surface area contributed by atoms with E-state index >= 15 is 0 Å². The highest BCUT2D eigenvalue weighted by Crippen LogP contribution is 2.40. The van der Waals surface area contributed by atoms with Crippen LogP contribution in [0.25, 0.3) is 0 Å². The first-order valence-electron chi connectivity index (χ1n) is 9.15. The molecule has 4 aliphatic rings. The predicted molar refractivity (Wildman–Crippen MR) is 88.6 cm³/mol. The molecule has 1 spiro atoms. The number of ether oxygens (including phenoxy) is 2. The number of fused-ring (bicyclic) bond motifs is 2. The lowest BCUT2D eigenvalue weighted by Crippen LogP contribution is -2.47. The molecule has 3 aliphatic heterocycles. The molecule has 1 aliphatic carbocycles. The van der Waals surface area contributed by atoms with Crippen molar-refractivity contribution in [2.75, 3.05) is 13.2 Å². The Hall–Kier alpha value is -1.92. The van der Waals surface area contributed by atoms with Crippen LogP contribution in [0.15, 0.2) is 24.3 Å². The van der Waals surface area contributed by atoms with Crippen LogP contribution in [-0.2, 0) is 27.2 Å². The van der Waals surface area contributed by atoms with E-state index in [1.165, 1.54) is 10.5 Å². The van der Waals surface area contributed by atoms with Crippen molar-refractivity contribution in [3.63, 3.8) is 0 Å². The molecule has 6 heteroatoms. The van der Waals surface area contributed by atoms with E-state index in [2.05, 4.69) is 6.07 Å². The molecule has 0 N–H and O–H groups in total. The van der Waals surface area contributed by atoms with E-state index in [9.17, 15) is 9.59 Å². The summed E-state index contributed by atoms with van der Waals surface area (Å²) >= 11 is 0. The van der Waals surface area contributed by atoms with Crippen molar-refractivity contribution in [3.8, 4) is 0 Å². The fourth-order valence-corrected chi connectivity index (χ4v) is 4.76. The molecule has 3 amide bonds. The van der Waals surface area contributed by atoms with Gasteiger partial charge in [-0.15, -0.1) is 0 Å². The molecule has 1 saturated carbocycles. The quantitative estimate of drug-likeness (QED) is 0.733. The Morgan fingerprint density at radius 1 is 1.00 bits per heavy atom. The first kappa shape index (κ1) is 15.3. The Morgan fingerprint density at radius 3 is 2.40 bits per heavy atom. The summed E-state index contributed by atoms with van der Waals surface area (Å²) in [4.78, 5) is 29.2. The normalized spacial score (nSPS) is 28.6. The van der Waals surface area contributed by atoms with Crippen molar-refractivity contribution in [1.29, 1.82) is 0 Å². The Balaban J connectivity index is 1.35. The van der Waals surface area contributed by atoms with Gasteiger partial charge in [0, 0.05) is 31.8 Å². The van der Waals surface area contributed by atoms with Crippen LogP contribution in [0.3, 0.4) is 0 Å². The number of nitrogens with zero attached hydrogens (tertiary/aromatic N) is 2. The molecule has 0 aromatic heterocycles. The molecule has 25 heavy (non-hydrogen) atoms. The van der Waals surface area contributed by atoms with Crippen LogP contribution < -0.4 is 0 Å². The topological polar surface area (TPSA) is 59.1 Å². The Morgan fingerprint density at radius 2 is 1.68 bits per heavy atom. The highest BCUT2D eigenvalue weighted by Gasteiger charge is 2.51. The molecule has 5 rings (SSSR count). The fraction of sp³-hybridized carbons (Fsp3) is 0.579. The molecule has 132 valence electrons. The van der Waals surface area contributed by atoms with Gasteiger partial charge in [0.15, 0.2) is 5.79 Å². The van der Waals surface area contributed by atoms with Gasteiger partial charge in [-0.25, -0.2) is 4.79 Å². The third kappa shape index (κ3) is 2.31. The minimum absolute atomic E-state index is 0.0336. The number of imide groups is 1. The second-order valence-electron chi connectivity index (χ2n) is 7.45. The summed E-state index contributed by atoms with van der Waals surface area (Å²) in [5.41, 5.74) is 2.33. The molecule has 6 nitrogen and oxygen atoms in total. The summed E-state index contributed by atoms with van der Waals surface area (Å²) < 4.78 is 11.5. The van der Waals surface area contributed by atoms with Crippen molar-refractivity contribution in [1.82, 2.24) is 9.80 Å². The number of hydrogen-bond donors (Lipinski definition) is 0. The summed E-state index contributed by atoms with van der Waals surface area (Å²) in [6.07, 6.45) is 3.63. The lowest BCUT2D eigenvalue weighted by molar-refractivity contribution is -0.183. The summed E-state index contributed by atoms with van der Waals surface area (Å²) in [5.74, 6) is -0.500. The van der Waals surface area contributed by atoms with Crippen LogP contribution in [0.5, 0.6) is 0 Å². The SMILES string of the molecule is O=C1[C@H]2Cc3ccccc3CN2C(=O)N1C1CCC2(CC1)OCCO2. The van der Waals surface area contributed by atoms with E-state index in [4.69, 9.17) is 9.47 Å². The van der Waals surface area contributed by atoms with Gasteiger partial charge in [-0.1, -0.05) is 24.3 Å². The van der Waals surface area contributed by atoms with Gasteiger partial charge in [0.05, 0.1) is 13.2 Å². The molecule has 0 bridgehead atoms. The summed E-state index contributed by atoms with van der Waals surface area (Å²) in [6.45, 7) is 1.81. The van der Waals surface area contributed by atoms with E-state index in [-0.39, 0.29) is 24.0 Å². The maximum atomic E-state index is 13.0. The lowest BCUT2D eigenvalue weighted by atomic mass is 9.89. The number of rotatable bonds is 1. The van der Waals surface area contributed by atoms with Gasteiger partial charge < -0.3 is 14.4 Å². The van der Waals surface area contributed by atoms with Crippen molar-refractivity contribution in [2.24, 2.45) is 0 Å². The maximum absolute atomic E-state index is 13.0. The second kappa shape index (κ2) is 5.54. The van der Waals surface area contributed by atoms with Gasteiger partial charge in [-0.3, -0.25) is 9.69 Å². The largest absolute Gasteiger partial charge is 0.348 e. The molecular formula is C19H22N2O4. The third-order valence-corrected chi connectivity index (χ3v) is 6.12. The Kier molecular flexibility index (Phi) is 3.40. The van der Waals surface area contributed by atoms with Crippen molar-refractivity contribution >= 4 is 11.9 Å². The molecule has 2 saturated heterocycles. The number of urea groups is 1. The first-order valence-corrected chi connectivity index (χ1v) is 9.15.